The molecule has 4 nitrogen and oxygen atoms in total. The quantitative estimate of drug-likeness (QED) is 0.339. The summed E-state index contributed by atoms with van der Waals surface area (Å²) in [7, 11) is 0. The molecule has 0 unspecified atom stereocenters. The van der Waals surface area contributed by atoms with Crippen LogP contribution in [-0.4, -0.2) is 38.9 Å². The molecule has 0 heterocycles. The molecule has 0 spiro atoms. The number of esters is 1. The molecule has 4 heteroatoms. The summed E-state index contributed by atoms with van der Waals surface area (Å²) in [4.78, 5) is 10.6. The van der Waals surface area contributed by atoms with Crippen molar-refractivity contribution < 1.29 is 14.3 Å². The lowest BCUT2D eigenvalue weighted by Crippen LogP contribution is -2.21. The van der Waals surface area contributed by atoms with E-state index in [-0.39, 0.29) is 0 Å². The van der Waals surface area contributed by atoms with Crippen molar-refractivity contribution in [1.82, 2.24) is 5.32 Å². The molecule has 0 aliphatic rings. The van der Waals surface area contributed by atoms with Gasteiger partial charge in [-0.25, -0.2) is 4.79 Å². The van der Waals surface area contributed by atoms with E-state index in [1.807, 2.05) is 0 Å². The van der Waals surface area contributed by atoms with Crippen LogP contribution in [-0.2, 0) is 14.3 Å². The second kappa shape index (κ2) is 10.2. The highest BCUT2D eigenvalue weighted by Gasteiger charge is 1.94. The molecule has 0 radical (unpaired) electrons. The maximum Gasteiger partial charge on any atom is 0.330 e. The molecular weight excluding hydrogens is 182 g/mol. The zero-order valence-corrected chi connectivity index (χ0v) is 8.75. The van der Waals surface area contributed by atoms with Crippen LogP contribution in [0.25, 0.3) is 0 Å². The summed E-state index contributed by atoms with van der Waals surface area (Å²) in [6.07, 6.45) is 2.26. The fourth-order valence-corrected chi connectivity index (χ4v) is 0.808. The van der Waals surface area contributed by atoms with E-state index in [4.69, 9.17) is 9.47 Å². The number of carbonyl (C=O) groups is 1. The molecule has 0 amide bonds. The second-order valence-electron chi connectivity index (χ2n) is 2.73. The van der Waals surface area contributed by atoms with Gasteiger partial charge in [0.2, 0.25) is 0 Å². The number of ether oxygens (including phenoxy) is 2. The molecule has 0 aliphatic heterocycles. The van der Waals surface area contributed by atoms with Crippen LogP contribution in [0, 0.1) is 0 Å². The lowest BCUT2D eigenvalue weighted by molar-refractivity contribution is -0.139. The first-order valence-electron chi connectivity index (χ1n) is 4.89. The van der Waals surface area contributed by atoms with Crippen molar-refractivity contribution in [3.8, 4) is 0 Å². The maximum atomic E-state index is 10.6. The van der Waals surface area contributed by atoms with E-state index < -0.39 is 5.97 Å². The molecule has 0 aromatic rings. The van der Waals surface area contributed by atoms with Gasteiger partial charge in [0, 0.05) is 12.6 Å². The Bertz CT molecular complexity index is 159. The predicted molar refractivity (Wildman–Crippen MR) is 55.1 cm³/mol. The summed E-state index contributed by atoms with van der Waals surface area (Å²) in [5.41, 5.74) is 0. The highest BCUT2D eigenvalue weighted by atomic mass is 16.6. The Kier molecular flexibility index (Phi) is 9.58. The molecule has 0 aromatic heterocycles. The minimum Gasteiger partial charge on any atom is -0.460 e. The molecule has 0 fully saturated rings. The number of hydrogen-bond acceptors (Lipinski definition) is 4. The monoisotopic (exact) mass is 201 g/mol. The van der Waals surface area contributed by atoms with Crippen molar-refractivity contribution in [3.63, 3.8) is 0 Å². The van der Waals surface area contributed by atoms with Gasteiger partial charge < -0.3 is 14.8 Å². The topological polar surface area (TPSA) is 47.6 Å². The molecule has 0 rings (SSSR count). The smallest absolute Gasteiger partial charge is 0.330 e. The minimum absolute atomic E-state index is 0.290. The van der Waals surface area contributed by atoms with Gasteiger partial charge in [-0.2, -0.15) is 0 Å². The van der Waals surface area contributed by atoms with E-state index in [1.165, 1.54) is 0 Å². The van der Waals surface area contributed by atoms with E-state index in [9.17, 15) is 4.79 Å². The van der Waals surface area contributed by atoms with Gasteiger partial charge in [-0.1, -0.05) is 13.5 Å². The molecule has 1 N–H and O–H groups in total. The van der Waals surface area contributed by atoms with Crippen LogP contribution in [0.1, 0.15) is 13.3 Å². The fraction of sp³-hybridized carbons (Fsp3) is 0.700. The van der Waals surface area contributed by atoms with Crippen LogP contribution in [0.2, 0.25) is 0 Å². The molecule has 0 saturated heterocycles. The normalized spacial score (nSPS) is 9.79. The fourth-order valence-electron chi connectivity index (χ4n) is 0.808. The van der Waals surface area contributed by atoms with Crippen molar-refractivity contribution >= 4 is 5.97 Å². The molecule has 0 atom stereocenters. The Hall–Kier alpha value is -0.870. The summed E-state index contributed by atoms with van der Waals surface area (Å²) in [5, 5.41) is 3.20. The van der Waals surface area contributed by atoms with Crippen molar-refractivity contribution in [3.05, 3.63) is 12.7 Å². The van der Waals surface area contributed by atoms with E-state index >= 15 is 0 Å². The highest BCUT2D eigenvalue weighted by molar-refractivity contribution is 5.81. The Balaban J connectivity index is 2.99. The first kappa shape index (κ1) is 13.1. The van der Waals surface area contributed by atoms with Gasteiger partial charge in [0.15, 0.2) is 0 Å². The Morgan fingerprint density at radius 2 is 2.14 bits per heavy atom. The minimum atomic E-state index is -0.405. The average molecular weight is 201 g/mol. The SMILES string of the molecule is C=CC(=O)OCCOCCNCCC. The number of nitrogens with one attached hydrogen (secondary N) is 1. The second-order valence-corrected chi connectivity index (χ2v) is 2.73. The average Bonchev–Trinajstić information content (AvgIpc) is 2.21. The maximum absolute atomic E-state index is 10.6. The standard InChI is InChI=1S/C10H19NO3/c1-3-5-11-6-7-13-8-9-14-10(12)4-2/h4,11H,2-3,5-9H2,1H3. The largest absolute Gasteiger partial charge is 0.460 e. The van der Waals surface area contributed by atoms with Gasteiger partial charge in [0.05, 0.1) is 13.2 Å². The lowest BCUT2D eigenvalue weighted by Gasteiger charge is -2.05. The zero-order valence-electron chi connectivity index (χ0n) is 8.75. The Morgan fingerprint density at radius 1 is 1.36 bits per heavy atom. The van der Waals surface area contributed by atoms with Gasteiger partial charge in [-0.05, 0) is 13.0 Å². The van der Waals surface area contributed by atoms with Crippen LogP contribution < -0.4 is 5.32 Å². The Morgan fingerprint density at radius 3 is 2.79 bits per heavy atom. The van der Waals surface area contributed by atoms with E-state index in [0.717, 1.165) is 25.6 Å². The van der Waals surface area contributed by atoms with E-state index in [0.29, 0.717) is 19.8 Å². The van der Waals surface area contributed by atoms with Gasteiger partial charge in [-0.15, -0.1) is 0 Å². The summed E-state index contributed by atoms with van der Waals surface area (Å²) in [6, 6.07) is 0. The van der Waals surface area contributed by atoms with E-state index in [1.54, 1.807) is 0 Å². The lowest BCUT2D eigenvalue weighted by atomic mass is 10.5. The third-order valence-corrected chi connectivity index (χ3v) is 1.49. The summed E-state index contributed by atoms with van der Waals surface area (Å²) >= 11 is 0. The third kappa shape index (κ3) is 9.22. The third-order valence-electron chi connectivity index (χ3n) is 1.49. The summed E-state index contributed by atoms with van der Waals surface area (Å²) in [5.74, 6) is -0.405. The number of rotatable bonds is 9. The van der Waals surface area contributed by atoms with Crippen LogP contribution in [0.3, 0.4) is 0 Å². The first-order valence-corrected chi connectivity index (χ1v) is 4.89. The molecule has 82 valence electrons. The zero-order chi connectivity index (χ0) is 10.6. The van der Waals surface area contributed by atoms with Crippen LogP contribution in [0.15, 0.2) is 12.7 Å². The van der Waals surface area contributed by atoms with Gasteiger partial charge in [0.1, 0.15) is 6.61 Å². The van der Waals surface area contributed by atoms with Crippen LogP contribution in [0.4, 0.5) is 0 Å². The van der Waals surface area contributed by atoms with Crippen LogP contribution >= 0.6 is 0 Å². The molecule has 14 heavy (non-hydrogen) atoms. The van der Waals surface area contributed by atoms with Crippen molar-refractivity contribution in [2.45, 2.75) is 13.3 Å². The summed E-state index contributed by atoms with van der Waals surface area (Å²) in [6.45, 7) is 8.62. The molecule has 0 aromatic carbocycles. The highest BCUT2D eigenvalue weighted by Crippen LogP contribution is 1.81. The predicted octanol–water partition coefficient (Wildman–Crippen LogP) is 0.732. The van der Waals surface area contributed by atoms with Crippen molar-refractivity contribution in [2.75, 3.05) is 32.9 Å². The van der Waals surface area contributed by atoms with Gasteiger partial charge >= 0.3 is 5.97 Å². The van der Waals surface area contributed by atoms with Gasteiger partial charge in [0.25, 0.3) is 0 Å². The Labute approximate surface area is 85.3 Å². The molecule has 0 bridgehead atoms. The first-order chi connectivity index (χ1) is 6.81. The van der Waals surface area contributed by atoms with Gasteiger partial charge in [-0.3, -0.25) is 0 Å². The molecule has 0 aliphatic carbocycles. The van der Waals surface area contributed by atoms with E-state index in [2.05, 4.69) is 18.8 Å². The number of hydrogen-bond donors (Lipinski definition) is 1. The van der Waals surface area contributed by atoms with Crippen LogP contribution in [0.5, 0.6) is 0 Å². The van der Waals surface area contributed by atoms with Crippen molar-refractivity contribution in [1.29, 1.82) is 0 Å². The molecular formula is C10H19NO3. The number of carbonyl (C=O) groups excluding carboxylic acids is 1. The van der Waals surface area contributed by atoms with Crippen molar-refractivity contribution in [2.24, 2.45) is 0 Å². The molecule has 0 saturated carbocycles. The summed E-state index contributed by atoms with van der Waals surface area (Å²) < 4.78 is 9.92.